The molecular weight excluding hydrogens is 380 g/mol. The van der Waals surface area contributed by atoms with Crippen LogP contribution in [-0.2, 0) is 23.1 Å². The number of aromatic nitrogens is 2. The van der Waals surface area contributed by atoms with Gasteiger partial charge in [0.05, 0.1) is 6.20 Å². The van der Waals surface area contributed by atoms with E-state index in [1.54, 1.807) is 4.68 Å². The molecule has 2 fully saturated rings. The van der Waals surface area contributed by atoms with Gasteiger partial charge in [-0.1, -0.05) is 12.1 Å². The van der Waals surface area contributed by atoms with Crippen LogP contribution in [0.5, 0.6) is 5.75 Å². The van der Waals surface area contributed by atoms with Crippen molar-refractivity contribution < 1.29 is 14.3 Å². The molecule has 1 saturated heterocycles. The first-order valence-electron chi connectivity index (χ1n) is 10.9. The Bertz CT molecular complexity index is 846. The smallest absolute Gasteiger partial charge is 0.224 e. The molecule has 2 atom stereocenters. The molecule has 7 nitrogen and oxygen atoms in total. The molecule has 162 valence electrons. The Kier molecular flexibility index (Phi) is 6.69. The monoisotopic (exact) mass is 412 g/mol. The lowest BCUT2D eigenvalue weighted by molar-refractivity contribution is -0.122. The molecule has 1 aliphatic carbocycles. The number of hydrogen-bond acceptors (Lipinski definition) is 5. The van der Waals surface area contributed by atoms with E-state index in [-0.39, 0.29) is 11.8 Å². The molecule has 1 aliphatic heterocycles. The van der Waals surface area contributed by atoms with Gasteiger partial charge in [0.25, 0.3) is 0 Å². The summed E-state index contributed by atoms with van der Waals surface area (Å²) in [6.45, 7) is 3.77. The Morgan fingerprint density at radius 3 is 2.97 bits per heavy atom. The van der Waals surface area contributed by atoms with E-state index in [2.05, 4.69) is 22.4 Å². The lowest BCUT2D eigenvalue weighted by atomic mass is 10.1. The van der Waals surface area contributed by atoms with Gasteiger partial charge < -0.3 is 14.8 Å². The first-order chi connectivity index (χ1) is 14.6. The minimum absolute atomic E-state index is 0.0642. The Morgan fingerprint density at radius 1 is 1.37 bits per heavy atom. The number of nitrogens with one attached hydrogen (secondary N) is 1. The van der Waals surface area contributed by atoms with E-state index >= 15 is 0 Å². The number of benzene rings is 1. The van der Waals surface area contributed by atoms with E-state index in [0.717, 1.165) is 55.9 Å². The summed E-state index contributed by atoms with van der Waals surface area (Å²) in [6.07, 6.45) is 6.94. The molecule has 0 radical (unpaired) electrons. The topological polar surface area (TPSA) is 68.6 Å². The van der Waals surface area contributed by atoms with Gasteiger partial charge in [0, 0.05) is 51.5 Å². The number of aryl methyl sites for hydroxylation is 1. The molecule has 2 heterocycles. The summed E-state index contributed by atoms with van der Waals surface area (Å²) in [5.74, 6) is 1.34. The van der Waals surface area contributed by atoms with Gasteiger partial charge in [-0.3, -0.25) is 14.4 Å². The van der Waals surface area contributed by atoms with Crippen molar-refractivity contribution in [3.8, 4) is 5.75 Å². The van der Waals surface area contributed by atoms with Crippen LogP contribution in [0, 0.1) is 5.92 Å². The molecular formula is C23H32N4O3. The standard InChI is InChI=1S/C23H32N4O3/c1-26(19-6-9-29-10-7-19)8-11-30-20-5-3-4-17(12-20)14-24-23(28)22-13-21(22)18-15-25-27(2)16-18/h3-5,12,15-16,19,21-22H,6-11,13-14H2,1-2H3,(H,24,28). The van der Waals surface area contributed by atoms with Gasteiger partial charge >= 0.3 is 0 Å². The van der Waals surface area contributed by atoms with E-state index in [1.807, 2.05) is 43.7 Å². The highest BCUT2D eigenvalue weighted by molar-refractivity contribution is 5.82. The molecule has 1 saturated carbocycles. The maximum absolute atomic E-state index is 12.5. The fourth-order valence-electron chi connectivity index (χ4n) is 4.17. The minimum Gasteiger partial charge on any atom is -0.492 e. The van der Waals surface area contributed by atoms with E-state index < -0.39 is 0 Å². The highest BCUT2D eigenvalue weighted by atomic mass is 16.5. The van der Waals surface area contributed by atoms with Crippen molar-refractivity contribution in [2.75, 3.05) is 33.4 Å². The maximum atomic E-state index is 12.5. The summed E-state index contributed by atoms with van der Waals surface area (Å²) in [4.78, 5) is 14.8. The Balaban J connectivity index is 1.19. The fourth-order valence-corrected chi connectivity index (χ4v) is 4.17. The second-order valence-corrected chi connectivity index (χ2v) is 8.43. The van der Waals surface area contributed by atoms with Crippen LogP contribution in [0.1, 0.15) is 36.3 Å². The predicted molar refractivity (Wildman–Crippen MR) is 114 cm³/mol. The molecule has 2 unspecified atom stereocenters. The van der Waals surface area contributed by atoms with Gasteiger partial charge in [0.2, 0.25) is 5.91 Å². The third-order valence-corrected chi connectivity index (χ3v) is 6.17. The molecule has 1 N–H and O–H groups in total. The van der Waals surface area contributed by atoms with E-state index in [0.29, 0.717) is 25.1 Å². The SMILES string of the molecule is CN(CCOc1cccc(CNC(=O)C2CC2c2cnn(C)c2)c1)C1CCOCC1. The largest absolute Gasteiger partial charge is 0.492 e. The van der Waals surface area contributed by atoms with Crippen LogP contribution >= 0.6 is 0 Å². The van der Waals surface area contributed by atoms with Gasteiger partial charge in [0.15, 0.2) is 0 Å². The van der Waals surface area contributed by atoms with Crippen LogP contribution in [0.25, 0.3) is 0 Å². The second kappa shape index (κ2) is 9.62. The average molecular weight is 413 g/mol. The molecule has 30 heavy (non-hydrogen) atoms. The maximum Gasteiger partial charge on any atom is 0.224 e. The molecule has 1 amide bonds. The summed E-state index contributed by atoms with van der Waals surface area (Å²) in [5.41, 5.74) is 2.20. The molecule has 0 spiro atoms. The van der Waals surface area contributed by atoms with Crippen molar-refractivity contribution in [2.24, 2.45) is 13.0 Å². The summed E-state index contributed by atoms with van der Waals surface area (Å²) in [6, 6.07) is 8.57. The highest BCUT2D eigenvalue weighted by Gasteiger charge is 2.44. The second-order valence-electron chi connectivity index (χ2n) is 8.43. The molecule has 2 aliphatic rings. The third kappa shape index (κ3) is 5.40. The van der Waals surface area contributed by atoms with E-state index in [1.165, 1.54) is 0 Å². The van der Waals surface area contributed by atoms with Crippen LogP contribution in [0.2, 0.25) is 0 Å². The summed E-state index contributed by atoms with van der Waals surface area (Å²) in [5, 5.41) is 7.27. The van der Waals surface area contributed by atoms with E-state index in [9.17, 15) is 4.79 Å². The number of amides is 1. The first-order valence-corrected chi connectivity index (χ1v) is 10.9. The molecule has 4 rings (SSSR count). The van der Waals surface area contributed by atoms with Crippen molar-refractivity contribution in [2.45, 2.75) is 37.8 Å². The number of rotatable bonds is 9. The lowest BCUT2D eigenvalue weighted by Gasteiger charge is -2.31. The number of hydrogen-bond donors (Lipinski definition) is 1. The van der Waals surface area contributed by atoms with Gasteiger partial charge in [-0.2, -0.15) is 5.10 Å². The van der Waals surface area contributed by atoms with Gasteiger partial charge in [-0.15, -0.1) is 0 Å². The molecule has 2 aromatic rings. The van der Waals surface area contributed by atoms with Crippen LogP contribution in [0.3, 0.4) is 0 Å². The van der Waals surface area contributed by atoms with Crippen molar-refractivity contribution in [1.29, 1.82) is 0 Å². The molecule has 0 bridgehead atoms. The van der Waals surface area contributed by atoms with Gasteiger partial charge in [0.1, 0.15) is 12.4 Å². The van der Waals surface area contributed by atoms with Crippen molar-refractivity contribution in [3.05, 3.63) is 47.8 Å². The Labute approximate surface area is 178 Å². The quantitative estimate of drug-likeness (QED) is 0.685. The van der Waals surface area contributed by atoms with Gasteiger partial charge in [-0.05, 0) is 55.5 Å². The van der Waals surface area contributed by atoms with Crippen LogP contribution in [0.15, 0.2) is 36.7 Å². The summed E-state index contributed by atoms with van der Waals surface area (Å²) >= 11 is 0. The Hall–Kier alpha value is -2.38. The Morgan fingerprint density at radius 2 is 2.20 bits per heavy atom. The zero-order valence-electron chi connectivity index (χ0n) is 17.9. The fraction of sp³-hybridized carbons (Fsp3) is 0.565. The van der Waals surface area contributed by atoms with Crippen molar-refractivity contribution in [3.63, 3.8) is 0 Å². The number of carbonyl (C=O) groups is 1. The lowest BCUT2D eigenvalue weighted by Crippen LogP contribution is -2.38. The van der Waals surface area contributed by atoms with Crippen LogP contribution in [-0.4, -0.2) is 60.0 Å². The number of carbonyl (C=O) groups excluding carboxylic acids is 1. The normalized spacial score (nSPS) is 21.6. The number of ether oxygens (including phenoxy) is 2. The number of likely N-dealkylation sites (N-methyl/N-ethyl adjacent to an activating group) is 1. The zero-order chi connectivity index (χ0) is 20.9. The summed E-state index contributed by atoms with van der Waals surface area (Å²) in [7, 11) is 4.06. The highest BCUT2D eigenvalue weighted by Crippen LogP contribution is 2.47. The first kappa shape index (κ1) is 20.9. The van der Waals surface area contributed by atoms with E-state index in [4.69, 9.17) is 9.47 Å². The summed E-state index contributed by atoms with van der Waals surface area (Å²) < 4.78 is 13.2. The van der Waals surface area contributed by atoms with Crippen molar-refractivity contribution in [1.82, 2.24) is 20.0 Å². The number of nitrogens with zero attached hydrogens (tertiary/aromatic N) is 3. The minimum atomic E-state index is 0.0642. The van der Waals surface area contributed by atoms with Crippen LogP contribution < -0.4 is 10.1 Å². The predicted octanol–water partition coefficient (Wildman–Crippen LogP) is 2.33. The third-order valence-electron chi connectivity index (χ3n) is 6.17. The molecule has 1 aromatic heterocycles. The van der Waals surface area contributed by atoms with Crippen molar-refractivity contribution >= 4 is 5.91 Å². The molecule has 1 aromatic carbocycles. The van der Waals surface area contributed by atoms with Gasteiger partial charge in [-0.25, -0.2) is 0 Å². The zero-order valence-corrected chi connectivity index (χ0v) is 17.9. The van der Waals surface area contributed by atoms with Crippen LogP contribution in [0.4, 0.5) is 0 Å². The average Bonchev–Trinajstić information content (AvgIpc) is 3.46. The molecule has 7 heteroatoms.